The van der Waals surface area contributed by atoms with Crippen LogP contribution in [-0.4, -0.2) is 43.8 Å². The molecule has 1 atom stereocenters. The summed E-state index contributed by atoms with van der Waals surface area (Å²) in [5.41, 5.74) is 9.59. The minimum Gasteiger partial charge on any atom is -0.667 e. The maximum Gasteiger partial charge on any atom is 0.409 e. The Morgan fingerprint density at radius 2 is 1.68 bits per heavy atom. The van der Waals surface area contributed by atoms with E-state index in [4.69, 9.17) is 15.2 Å². The zero-order valence-electron chi connectivity index (χ0n) is 20.7. The number of halogens is 1. The molecule has 0 aliphatic heterocycles. The largest absolute Gasteiger partial charge is 0.667 e. The topological polar surface area (TPSA) is 88.4 Å². The molecule has 3 aromatic carbocycles. The predicted molar refractivity (Wildman–Crippen MR) is 147 cm³/mol. The molecule has 0 aliphatic carbocycles. The number of rotatable bonds is 11. The minimum atomic E-state index is -0.707. The molecule has 0 fully saturated rings. The quantitative estimate of drug-likeness (QED) is 0.139. The molecule has 3 aromatic rings. The first-order valence-corrected chi connectivity index (χ1v) is 13.6. The predicted octanol–water partition coefficient (Wildman–Crippen LogP) is 7.24. The summed E-state index contributed by atoms with van der Waals surface area (Å²) >= 11 is 0. The van der Waals surface area contributed by atoms with Crippen LogP contribution in [-0.2, 0) is 47.0 Å². The number of anilines is 1. The fourth-order valence-electron chi connectivity index (χ4n) is 2.83. The molecule has 0 saturated heterocycles. The normalized spacial score (nSPS) is 10.8. The second kappa shape index (κ2) is 19.2. The summed E-state index contributed by atoms with van der Waals surface area (Å²) in [6.07, 6.45) is -0.427. The van der Waals surface area contributed by atoms with Crippen molar-refractivity contribution in [3.05, 3.63) is 96.0 Å². The fraction of sp³-hybridized carbons (Fsp3) is 0.259. The van der Waals surface area contributed by atoms with Crippen LogP contribution in [0.5, 0.6) is 0 Å². The van der Waals surface area contributed by atoms with Crippen molar-refractivity contribution < 1.29 is 56.2 Å². The number of hydrogen-bond donors (Lipinski definition) is 1. The van der Waals surface area contributed by atoms with E-state index in [-0.39, 0.29) is 38.5 Å². The number of benzene rings is 3. The van der Waals surface area contributed by atoms with Gasteiger partial charge in [-0.25, -0.2) is 9.18 Å². The Morgan fingerprint density at radius 1 is 1.03 bits per heavy atom. The van der Waals surface area contributed by atoms with Gasteiger partial charge in [-0.2, -0.15) is 18.2 Å². The van der Waals surface area contributed by atoms with Gasteiger partial charge in [-0.15, -0.1) is 12.1 Å². The van der Waals surface area contributed by atoms with Crippen LogP contribution in [0, 0.1) is 11.9 Å². The van der Waals surface area contributed by atoms with E-state index in [2.05, 4.69) is 11.4 Å². The molecule has 10 heteroatoms. The van der Waals surface area contributed by atoms with Crippen molar-refractivity contribution in [2.24, 2.45) is 0 Å². The number of hydrogen-bond acceptors (Lipinski definition) is 6. The van der Waals surface area contributed by atoms with E-state index in [1.165, 1.54) is 6.07 Å². The number of carbonyl (C=O) groups excluding carboxylic acids is 2. The summed E-state index contributed by atoms with van der Waals surface area (Å²) in [4.78, 5) is 22.3. The minimum absolute atomic E-state index is 0. The summed E-state index contributed by atoms with van der Waals surface area (Å²) in [6.45, 7) is 2.74. The molecule has 1 unspecified atom stereocenters. The molecule has 195 valence electrons. The molecule has 1 radical (unpaired) electrons. The third-order valence-electron chi connectivity index (χ3n) is 4.79. The van der Waals surface area contributed by atoms with Crippen LogP contribution in [0.2, 0.25) is 0 Å². The molecule has 0 aliphatic rings. The molecule has 6 nitrogen and oxygen atoms in total. The third kappa shape index (κ3) is 12.9. The fourth-order valence-corrected chi connectivity index (χ4v) is 4.57. The van der Waals surface area contributed by atoms with Gasteiger partial charge in [-0.05, 0) is 17.2 Å². The molecule has 2 amide bonds. The second-order valence-electron chi connectivity index (χ2n) is 7.38. The number of amides is 2. The first-order chi connectivity index (χ1) is 17.4. The van der Waals surface area contributed by atoms with Gasteiger partial charge in [0.1, 0.15) is 12.4 Å². The van der Waals surface area contributed by atoms with Crippen molar-refractivity contribution in [2.45, 2.75) is 12.8 Å². The smallest absolute Gasteiger partial charge is 0.409 e. The van der Waals surface area contributed by atoms with E-state index in [0.29, 0.717) is 23.4 Å². The Bertz CT molecular complexity index is 1080. The van der Waals surface area contributed by atoms with Gasteiger partial charge in [-0.3, -0.25) is 0 Å². The van der Waals surface area contributed by atoms with Crippen LogP contribution in [0.3, 0.4) is 0 Å². The molecular weight excluding hydrogens is 588 g/mol. The van der Waals surface area contributed by atoms with E-state index in [9.17, 15) is 14.0 Å². The summed E-state index contributed by atoms with van der Waals surface area (Å²) in [5.74, 6) is 0.0381. The number of nitrogens with one attached hydrogen (secondary N) is 2. The van der Waals surface area contributed by atoms with Crippen molar-refractivity contribution in [3.63, 3.8) is 0 Å². The molecular formula is C27H29FN2O4S2Y-2. The molecule has 2 N–H and O–H groups in total. The van der Waals surface area contributed by atoms with Crippen molar-refractivity contribution >= 4 is 39.3 Å². The second-order valence-corrected chi connectivity index (χ2v) is 10.1. The summed E-state index contributed by atoms with van der Waals surface area (Å²) in [6, 6.07) is 23.8. The number of methoxy groups -OCH3 is 1. The molecule has 3 rings (SSSR count). The Morgan fingerprint density at radius 3 is 2.27 bits per heavy atom. The Labute approximate surface area is 250 Å². The van der Waals surface area contributed by atoms with Crippen molar-refractivity contribution in [2.75, 3.05) is 37.1 Å². The van der Waals surface area contributed by atoms with Crippen LogP contribution in [0.15, 0.2) is 72.8 Å². The van der Waals surface area contributed by atoms with Gasteiger partial charge in [0.2, 0.25) is 0 Å². The van der Waals surface area contributed by atoms with Gasteiger partial charge in [0.25, 0.3) is 0 Å². The van der Waals surface area contributed by atoms with Gasteiger partial charge in [0.05, 0.1) is 12.5 Å². The molecule has 0 saturated carbocycles. The SMILES string of the molecule is CC(C([NH-])=O)c1ccc(-c2ccccc2)c(F)c1.COCCSSCCOC(=O)Nc1cc[c-]cc1.[Y]. The Balaban J connectivity index is 0.000000360. The van der Waals surface area contributed by atoms with Gasteiger partial charge < -0.3 is 25.3 Å². The van der Waals surface area contributed by atoms with Crippen molar-refractivity contribution in [1.82, 2.24) is 0 Å². The van der Waals surface area contributed by atoms with E-state index >= 15 is 0 Å². The molecule has 0 aromatic heterocycles. The Kier molecular flexibility index (Phi) is 17.2. The van der Waals surface area contributed by atoms with Gasteiger partial charge in [0.15, 0.2) is 0 Å². The van der Waals surface area contributed by atoms with Crippen LogP contribution < -0.4 is 5.32 Å². The summed E-state index contributed by atoms with van der Waals surface area (Å²) in [5, 5.41) is 2.64. The molecule has 0 bridgehead atoms. The van der Waals surface area contributed by atoms with Crippen molar-refractivity contribution in [3.8, 4) is 11.1 Å². The Hall–Kier alpha value is -1.91. The van der Waals surface area contributed by atoms with E-state index in [1.54, 1.807) is 72.0 Å². The standard InChI is InChI=1S/C15H14FNO.C12H16NO3S2.Y/c1-10(15(17)18)12-7-8-13(14(16)9-12)11-5-3-2-4-6-11;1-15-7-9-17-18-10-8-16-12(14)13-11-5-3-2-4-6-11;/h2-10H,1H3,(H2,17,18);3-6H,7-10H2,1H3,(H,13,14);/q;-1;/p-1. The van der Waals surface area contributed by atoms with Crippen LogP contribution in [0.1, 0.15) is 18.4 Å². The monoisotopic (exact) mass is 617 g/mol. The average molecular weight is 618 g/mol. The zero-order valence-corrected chi connectivity index (χ0v) is 25.2. The first kappa shape index (κ1) is 33.1. The maximum absolute atomic E-state index is 14.0. The summed E-state index contributed by atoms with van der Waals surface area (Å²) < 4.78 is 23.9. The van der Waals surface area contributed by atoms with E-state index in [1.807, 2.05) is 30.3 Å². The van der Waals surface area contributed by atoms with Gasteiger partial charge in [0, 0.05) is 62.8 Å². The molecule has 0 heterocycles. The van der Waals surface area contributed by atoms with Gasteiger partial charge >= 0.3 is 6.09 Å². The third-order valence-corrected chi connectivity index (χ3v) is 7.12. The van der Waals surface area contributed by atoms with E-state index in [0.717, 1.165) is 23.7 Å². The van der Waals surface area contributed by atoms with Crippen molar-refractivity contribution in [1.29, 1.82) is 0 Å². The number of carbonyl (C=O) groups is 2. The van der Waals surface area contributed by atoms with Crippen LogP contribution in [0.25, 0.3) is 16.9 Å². The van der Waals surface area contributed by atoms with Gasteiger partial charge in [-0.1, -0.05) is 76.7 Å². The average Bonchev–Trinajstić information content (AvgIpc) is 2.89. The zero-order chi connectivity index (χ0) is 26.2. The maximum atomic E-state index is 14.0. The first-order valence-electron chi connectivity index (χ1n) is 11.2. The summed E-state index contributed by atoms with van der Waals surface area (Å²) in [7, 11) is 5.06. The van der Waals surface area contributed by atoms with E-state index < -0.39 is 17.9 Å². The van der Waals surface area contributed by atoms with Crippen LogP contribution in [0.4, 0.5) is 14.9 Å². The molecule has 37 heavy (non-hydrogen) atoms. The van der Waals surface area contributed by atoms with Crippen LogP contribution >= 0.6 is 21.6 Å². The molecule has 0 spiro atoms. The number of ether oxygens (including phenoxy) is 2.